The molecule has 0 amide bonds. The number of rotatable bonds is 2. The molecule has 5 rings (SSSR count). The molecule has 2 aliphatic carbocycles. The average Bonchev–Trinajstić information content (AvgIpc) is 3.01. The smallest absolute Gasteiger partial charge is 0.394 e. The van der Waals surface area contributed by atoms with E-state index in [1.165, 1.54) is 7.11 Å². The van der Waals surface area contributed by atoms with Crippen LogP contribution < -0.4 is 9.47 Å². The first-order chi connectivity index (χ1) is 14.0. The molecule has 11 heteroatoms. The molecule has 0 unspecified atom stereocenters. The second-order valence-electron chi connectivity index (χ2n) is 8.05. The van der Waals surface area contributed by atoms with Crippen LogP contribution in [0.25, 0.3) is 0 Å². The Hall–Kier alpha value is -2.02. The van der Waals surface area contributed by atoms with Crippen molar-refractivity contribution in [3.63, 3.8) is 0 Å². The van der Waals surface area contributed by atoms with E-state index in [0.29, 0.717) is 29.9 Å². The molecule has 2 heterocycles. The lowest BCUT2D eigenvalue weighted by Gasteiger charge is -2.61. The fourth-order valence-corrected chi connectivity index (χ4v) is 5.64. The van der Waals surface area contributed by atoms with Crippen LogP contribution in [-0.2, 0) is 22.2 Å². The maximum Gasteiger partial charge on any atom is 0.394 e. The standard InChI is InChI=1S/C19H21NO5.H2O4S/c1-20-6-5-18-15-11-8-14(20)19(18,23)4-3-12(22)17(18)25-16(15)13(24-2)7-10(11)9-21;1-5(2,3)4/h3-4,7,9,12,14,17,22-23H,5-6,8H2,1-2H3;(H2,1,2,3,4)/t12-,14+,17-,18-,19+;/m0./s1. The van der Waals surface area contributed by atoms with E-state index in [2.05, 4.69) is 4.90 Å². The van der Waals surface area contributed by atoms with Crippen molar-refractivity contribution in [2.75, 3.05) is 20.7 Å². The highest BCUT2D eigenvalue weighted by atomic mass is 32.3. The van der Waals surface area contributed by atoms with E-state index in [0.717, 1.165) is 24.0 Å². The Morgan fingerprint density at radius 2 is 2.03 bits per heavy atom. The van der Waals surface area contributed by atoms with Crippen molar-refractivity contribution in [3.05, 3.63) is 34.9 Å². The fraction of sp³-hybridized carbons (Fsp3) is 0.526. The van der Waals surface area contributed by atoms with Gasteiger partial charge in [-0.3, -0.25) is 18.8 Å². The predicted octanol–water partition coefficient (Wildman–Crippen LogP) is -0.224. The topological polar surface area (TPSA) is 154 Å². The minimum absolute atomic E-state index is 0.165. The third-order valence-electron chi connectivity index (χ3n) is 6.78. The second-order valence-corrected chi connectivity index (χ2v) is 8.95. The maximum atomic E-state index is 11.8. The predicted molar refractivity (Wildman–Crippen MR) is 103 cm³/mol. The van der Waals surface area contributed by atoms with Gasteiger partial charge < -0.3 is 19.7 Å². The maximum absolute atomic E-state index is 11.8. The molecule has 1 spiro atoms. The van der Waals surface area contributed by atoms with Crippen LogP contribution >= 0.6 is 0 Å². The summed E-state index contributed by atoms with van der Waals surface area (Å²) in [5.74, 6) is 1.05. The number of hydrogen-bond donors (Lipinski definition) is 4. The van der Waals surface area contributed by atoms with Gasteiger partial charge in [-0.1, -0.05) is 12.2 Å². The van der Waals surface area contributed by atoms with Crippen LogP contribution in [0, 0.1) is 0 Å². The Balaban J connectivity index is 0.000000393. The van der Waals surface area contributed by atoms with E-state index in [4.69, 9.17) is 27.0 Å². The number of ether oxygens (including phenoxy) is 2. The number of benzene rings is 1. The zero-order valence-corrected chi connectivity index (χ0v) is 17.2. The van der Waals surface area contributed by atoms with Crippen molar-refractivity contribution in [3.8, 4) is 11.5 Å². The third-order valence-corrected chi connectivity index (χ3v) is 6.78. The Labute approximate surface area is 173 Å². The van der Waals surface area contributed by atoms with E-state index in [1.807, 2.05) is 7.05 Å². The van der Waals surface area contributed by atoms with Crippen LogP contribution in [0.2, 0.25) is 0 Å². The number of carbonyl (C=O) groups is 1. The van der Waals surface area contributed by atoms with E-state index in [1.54, 1.807) is 18.2 Å². The number of nitrogens with zero attached hydrogens (tertiary/aromatic N) is 1. The van der Waals surface area contributed by atoms with Gasteiger partial charge in [0.15, 0.2) is 11.5 Å². The summed E-state index contributed by atoms with van der Waals surface area (Å²) < 4.78 is 43.2. The molecule has 30 heavy (non-hydrogen) atoms. The van der Waals surface area contributed by atoms with Crippen molar-refractivity contribution >= 4 is 16.7 Å². The highest BCUT2D eigenvalue weighted by molar-refractivity contribution is 7.79. The molecular formula is C19H23NO9S. The summed E-state index contributed by atoms with van der Waals surface area (Å²) in [6.07, 6.45) is 4.04. The van der Waals surface area contributed by atoms with Crippen molar-refractivity contribution in [1.82, 2.24) is 4.90 Å². The molecule has 2 aliphatic heterocycles. The number of methoxy groups -OCH3 is 1. The first-order valence-corrected chi connectivity index (χ1v) is 10.7. The summed E-state index contributed by atoms with van der Waals surface area (Å²) in [5.41, 5.74) is 0.444. The van der Waals surface area contributed by atoms with Crippen molar-refractivity contribution < 1.29 is 42.0 Å². The Morgan fingerprint density at radius 3 is 2.63 bits per heavy atom. The first kappa shape index (κ1) is 21.2. The quantitative estimate of drug-likeness (QED) is 0.275. The summed E-state index contributed by atoms with van der Waals surface area (Å²) in [4.78, 5) is 13.9. The third kappa shape index (κ3) is 2.74. The molecule has 1 aromatic carbocycles. The monoisotopic (exact) mass is 441 g/mol. The normalized spacial score (nSPS) is 35.6. The van der Waals surface area contributed by atoms with Crippen molar-refractivity contribution in [2.24, 2.45) is 0 Å². The number of aldehydes is 1. The van der Waals surface area contributed by atoms with Gasteiger partial charge in [0.05, 0.1) is 12.5 Å². The number of hydrogen-bond acceptors (Lipinski definition) is 8. The summed E-state index contributed by atoms with van der Waals surface area (Å²) in [7, 11) is -1.13. The average molecular weight is 441 g/mol. The largest absolute Gasteiger partial charge is 0.493 e. The molecule has 1 fully saturated rings. The van der Waals surface area contributed by atoms with Crippen LogP contribution in [-0.4, -0.2) is 83.5 Å². The highest BCUT2D eigenvalue weighted by Crippen LogP contribution is 2.64. The molecule has 0 radical (unpaired) electrons. The molecular weight excluding hydrogens is 418 g/mol. The minimum atomic E-state index is -4.67. The molecule has 5 atom stereocenters. The number of likely N-dealkylation sites (N-methyl/N-ethyl adjacent to an activating group) is 1. The van der Waals surface area contributed by atoms with E-state index in [-0.39, 0.29) is 6.04 Å². The zero-order chi connectivity index (χ0) is 22.1. The lowest BCUT2D eigenvalue weighted by molar-refractivity contribution is -0.151. The molecule has 164 valence electrons. The SMILES string of the molecule is COc1cc(C=O)c2c3c1O[C@H]1[C@@H](O)C=C[C@@]4(O)[C@@H](C2)N(C)CC[C@]314.O=S(=O)(O)O. The number of likely N-dealkylation sites (tertiary alicyclic amines) is 1. The lowest BCUT2D eigenvalue weighted by atomic mass is 9.50. The summed E-state index contributed by atoms with van der Waals surface area (Å²) in [6.45, 7) is 0.792. The van der Waals surface area contributed by atoms with Crippen LogP contribution in [0.15, 0.2) is 18.2 Å². The number of carbonyl (C=O) groups excluding carboxylic acids is 1. The lowest BCUT2D eigenvalue weighted by Crippen LogP contribution is -2.75. The molecule has 0 saturated carbocycles. The summed E-state index contributed by atoms with van der Waals surface area (Å²) in [6, 6.07) is 1.54. The number of aliphatic hydroxyl groups is 2. The van der Waals surface area contributed by atoms with Crippen LogP contribution in [0.3, 0.4) is 0 Å². The van der Waals surface area contributed by atoms with E-state index < -0.39 is 33.6 Å². The number of piperidine rings is 1. The zero-order valence-electron chi connectivity index (χ0n) is 16.3. The second kappa shape index (κ2) is 6.74. The number of aliphatic hydroxyl groups excluding tert-OH is 1. The molecule has 10 nitrogen and oxygen atoms in total. The minimum Gasteiger partial charge on any atom is -0.493 e. The van der Waals surface area contributed by atoms with Gasteiger partial charge in [-0.25, -0.2) is 0 Å². The van der Waals surface area contributed by atoms with Gasteiger partial charge in [0.2, 0.25) is 0 Å². The molecule has 1 saturated heterocycles. The van der Waals surface area contributed by atoms with Crippen LogP contribution in [0.4, 0.5) is 0 Å². The van der Waals surface area contributed by atoms with Gasteiger partial charge in [0, 0.05) is 17.2 Å². The fourth-order valence-electron chi connectivity index (χ4n) is 5.64. The molecule has 0 aromatic heterocycles. The van der Waals surface area contributed by atoms with Gasteiger partial charge in [0.1, 0.15) is 24.1 Å². The van der Waals surface area contributed by atoms with Crippen molar-refractivity contribution in [1.29, 1.82) is 0 Å². The van der Waals surface area contributed by atoms with Gasteiger partial charge in [0.25, 0.3) is 0 Å². The first-order valence-electron chi connectivity index (χ1n) is 9.34. The molecule has 4 aliphatic rings. The van der Waals surface area contributed by atoms with Crippen LogP contribution in [0.1, 0.15) is 27.9 Å². The van der Waals surface area contributed by atoms with Gasteiger partial charge in [-0.15, -0.1) is 0 Å². The Kier molecular flexibility index (Phi) is 4.77. The highest BCUT2D eigenvalue weighted by Gasteiger charge is 2.71. The summed E-state index contributed by atoms with van der Waals surface area (Å²) in [5, 5.41) is 22.4. The van der Waals surface area contributed by atoms with Crippen LogP contribution in [0.5, 0.6) is 11.5 Å². The Morgan fingerprint density at radius 1 is 1.37 bits per heavy atom. The summed E-state index contributed by atoms with van der Waals surface area (Å²) >= 11 is 0. The molecule has 4 N–H and O–H groups in total. The molecule has 2 bridgehead atoms. The van der Waals surface area contributed by atoms with Crippen molar-refractivity contribution in [2.45, 2.75) is 42.1 Å². The molecule has 1 aromatic rings. The van der Waals surface area contributed by atoms with Gasteiger partial charge in [-0.05, 0) is 38.1 Å². The van der Waals surface area contributed by atoms with E-state index >= 15 is 0 Å². The van der Waals surface area contributed by atoms with Gasteiger partial charge in [-0.2, -0.15) is 8.42 Å². The van der Waals surface area contributed by atoms with Gasteiger partial charge >= 0.3 is 10.4 Å². The Bertz CT molecular complexity index is 1030. The van der Waals surface area contributed by atoms with E-state index in [9.17, 15) is 15.0 Å².